The van der Waals surface area contributed by atoms with Crippen LogP contribution in [-0.2, 0) is 4.79 Å². The van der Waals surface area contributed by atoms with Crippen LogP contribution in [0.1, 0.15) is 55.3 Å². The van der Waals surface area contributed by atoms with Crippen molar-refractivity contribution >= 4 is 11.8 Å². The number of hydrogen-bond acceptors (Lipinski definition) is 6. The number of piperazine rings is 1. The fourth-order valence-corrected chi connectivity index (χ4v) is 6.00. The van der Waals surface area contributed by atoms with E-state index in [1.165, 1.54) is 32.1 Å². The van der Waals surface area contributed by atoms with E-state index >= 15 is 0 Å². The fourth-order valence-electron chi connectivity index (χ4n) is 6.00. The van der Waals surface area contributed by atoms with Crippen molar-refractivity contribution in [2.75, 3.05) is 66.6 Å². The van der Waals surface area contributed by atoms with Gasteiger partial charge in [0.25, 0.3) is 5.91 Å². The molecule has 1 aromatic carbocycles. The van der Waals surface area contributed by atoms with Crippen molar-refractivity contribution in [1.82, 2.24) is 20.0 Å². The maximum atomic E-state index is 13.4. The zero-order valence-corrected chi connectivity index (χ0v) is 21.5. The van der Waals surface area contributed by atoms with Crippen molar-refractivity contribution in [3.05, 3.63) is 23.8 Å². The summed E-state index contributed by atoms with van der Waals surface area (Å²) >= 11 is 0. The highest BCUT2D eigenvalue weighted by molar-refractivity contribution is 5.99. The van der Waals surface area contributed by atoms with E-state index < -0.39 is 0 Å². The van der Waals surface area contributed by atoms with Crippen LogP contribution in [-0.4, -0.2) is 99.1 Å². The normalized spacial score (nSPS) is 21.0. The lowest BCUT2D eigenvalue weighted by Gasteiger charge is -2.41. The van der Waals surface area contributed by atoms with Crippen molar-refractivity contribution in [2.45, 2.75) is 51.0 Å². The van der Waals surface area contributed by atoms with Crippen LogP contribution >= 0.6 is 0 Å². The highest BCUT2D eigenvalue weighted by Crippen LogP contribution is 2.32. The summed E-state index contributed by atoms with van der Waals surface area (Å²) < 4.78 is 10.9. The summed E-state index contributed by atoms with van der Waals surface area (Å²) in [6, 6.07) is 5.30. The van der Waals surface area contributed by atoms with E-state index in [2.05, 4.69) is 15.1 Å². The maximum Gasteiger partial charge on any atom is 0.261 e. The molecule has 2 heterocycles. The Morgan fingerprint density at radius 3 is 2.14 bits per heavy atom. The Bertz CT molecular complexity index is 821. The van der Waals surface area contributed by atoms with Gasteiger partial charge in [0.2, 0.25) is 5.91 Å². The van der Waals surface area contributed by atoms with Gasteiger partial charge in [0.15, 0.2) is 0 Å². The Balaban J connectivity index is 1.36. The number of benzene rings is 1. The molecule has 8 heteroatoms. The van der Waals surface area contributed by atoms with Gasteiger partial charge in [-0.1, -0.05) is 25.3 Å². The number of likely N-dealkylation sites (tertiary alicyclic amines) is 1. The summed E-state index contributed by atoms with van der Waals surface area (Å²) in [5, 5.41) is 3.26. The quantitative estimate of drug-likeness (QED) is 0.579. The van der Waals surface area contributed by atoms with Crippen LogP contribution in [0, 0.1) is 5.92 Å². The summed E-state index contributed by atoms with van der Waals surface area (Å²) in [6.45, 7) is 6.52. The minimum absolute atomic E-state index is 0.0812. The topological polar surface area (TPSA) is 74.3 Å². The van der Waals surface area contributed by atoms with E-state index in [1.807, 2.05) is 11.0 Å². The van der Waals surface area contributed by atoms with Crippen molar-refractivity contribution in [3.8, 4) is 11.5 Å². The molecule has 1 atom stereocenters. The lowest BCUT2D eigenvalue weighted by atomic mass is 9.95. The number of carbonyl (C=O) groups excluding carboxylic acids is 2. The molecule has 35 heavy (non-hydrogen) atoms. The molecule has 2 saturated heterocycles. The molecule has 1 aromatic rings. The second kappa shape index (κ2) is 12.6. The summed E-state index contributed by atoms with van der Waals surface area (Å²) in [6.07, 6.45) is 8.49. The number of methoxy groups -OCH3 is 2. The Kier molecular flexibility index (Phi) is 9.26. The third-order valence-electron chi connectivity index (χ3n) is 7.93. The average molecular weight is 487 g/mol. The van der Waals surface area contributed by atoms with Crippen LogP contribution < -0.4 is 14.8 Å². The van der Waals surface area contributed by atoms with Gasteiger partial charge in [-0.05, 0) is 56.8 Å². The smallest absolute Gasteiger partial charge is 0.261 e. The first-order valence-corrected chi connectivity index (χ1v) is 13.4. The minimum atomic E-state index is -0.100. The van der Waals surface area contributed by atoms with Crippen molar-refractivity contribution in [1.29, 1.82) is 0 Å². The van der Waals surface area contributed by atoms with Gasteiger partial charge < -0.3 is 24.6 Å². The highest BCUT2D eigenvalue weighted by Gasteiger charge is 2.38. The molecule has 1 saturated carbocycles. The monoisotopic (exact) mass is 486 g/mol. The van der Waals surface area contributed by atoms with Crippen LogP contribution in [0.15, 0.2) is 18.2 Å². The molecule has 0 radical (unpaired) electrons. The molecule has 4 rings (SSSR count). The molecule has 8 nitrogen and oxygen atoms in total. The molecule has 0 bridgehead atoms. The standard InChI is InChI=1S/C27H42N4O4/c1-34-22-11-8-12-23(35-2)24(22)27(33)31-19-17-30(18-20-31)25(21-9-4-5-10-21)26(32)28-13-16-29-14-6-3-7-15-29/h8,11-12,21,25H,3-7,9-10,13-20H2,1-2H3,(H,28,32). The van der Waals surface area contributed by atoms with Crippen molar-refractivity contribution in [2.24, 2.45) is 5.92 Å². The van der Waals surface area contributed by atoms with Gasteiger partial charge in [-0.2, -0.15) is 0 Å². The molecule has 194 valence electrons. The van der Waals surface area contributed by atoms with Gasteiger partial charge in [-0.3, -0.25) is 14.5 Å². The molecule has 1 aliphatic carbocycles. The summed E-state index contributed by atoms with van der Waals surface area (Å²) in [5.74, 6) is 1.53. The minimum Gasteiger partial charge on any atom is -0.496 e. The first-order valence-electron chi connectivity index (χ1n) is 13.4. The van der Waals surface area contributed by atoms with E-state index in [0.29, 0.717) is 55.7 Å². The Labute approximate surface area is 209 Å². The van der Waals surface area contributed by atoms with Crippen LogP contribution in [0.3, 0.4) is 0 Å². The molecule has 2 aliphatic heterocycles. The summed E-state index contributed by atoms with van der Waals surface area (Å²) in [7, 11) is 3.14. The number of amides is 2. The number of nitrogens with one attached hydrogen (secondary N) is 1. The third-order valence-corrected chi connectivity index (χ3v) is 7.93. The molecule has 0 aromatic heterocycles. The van der Waals surface area contributed by atoms with E-state index in [1.54, 1.807) is 26.4 Å². The Morgan fingerprint density at radius 2 is 1.54 bits per heavy atom. The van der Waals surface area contributed by atoms with E-state index in [-0.39, 0.29) is 17.9 Å². The van der Waals surface area contributed by atoms with Gasteiger partial charge in [0.1, 0.15) is 17.1 Å². The van der Waals surface area contributed by atoms with Crippen molar-refractivity contribution < 1.29 is 19.1 Å². The predicted molar refractivity (Wildman–Crippen MR) is 136 cm³/mol. The lowest BCUT2D eigenvalue weighted by molar-refractivity contribution is -0.129. The van der Waals surface area contributed by atoms with Crippen LogP contribution in [0.2, 0.25) is 0 Å². The van der Waals surface area contributed by atoms with E-state index in [4.69, 9.17) is 9.47 Å². The second-order valence-corrected chi connectivity index (χ2v) is 10.0. The van der Waals surface area contributed by atoms with Crippen LogP contribution in [0.25, 0.3) is 0 Å². The molecule has 3 aliphatic rings. The molecule has 1 N–H and O–H groups in total. The van der Waals surface area contributed by atoms with Gasteiger partial charge in [0, 0.05) is 39.3 Å². The molecule has 3 fully saturated rings. The highest BCUT2D eigenvalue weighted by atomic mass is 16.5. The lowest BCUT2D eigenvalue weighted by Crippen LogP contribution is -2.58. The first kappa shape index (κ1) is 25.8. The summed E-state index contributed by atoms with van der Waals surface area (Å²) in [5.41, 5.74) is 0.466. The average Bonchev–Trinajstić information content (AvgIpc) is 3.43. The van der Waals surface area contributed by atoms with Gasteiger partial charge in [-0.15, -0.1) is 0 Å². The molecule has 2 amide bonds. The number of nitrogens with zero attached hydrogens (tertiary/aromatic N) is 3. The zero-order valence-electron chi connectivity index (χ0n) is 21.5. The maximum absolute atomic E-state index is 13.4. The van der Waals surface area contributed by atoms with Crippen LogP contribution in [0.5, 0.6) is 11.5 Å². The number of ether oxygens (including phenoxy) is 2. The van der Waals surface area contributed by atoms with Gasteiger partial charge >= 0.3 is 0 Å². The van der Waals surface area contributed by atoms with Crippen LogP contribution in [0.4, 0.5) is 0 Å². The van der Waals surface area contributed by atoms with E-state index in [0.717, 1.165) is 32.5 Å². The molecular weight excluding hydrogens is 444 g/mol. The number of hydrogen-bond donors (Lipinski definition) is 1. The van der Waals surface area contributed by atoms with E-state index in [9.17, 15) is 9.59 Å². The predicted octanol–water partition coefficient (Wildman–Crippen LogP) is 2.62. The molecule has 1 unspecified atom stereocenters. The SMILES string of the molecule is COc1cccc(OC)c1C(=O)N1CCN(C(C(=O)NCCN2CCCCC2)C2CCCC2)CC1. The third kappa shape index (κ3) is 6.28. The largest absolute Gasteiger partial charge is 0.496 e. The summed E-state index contributed by atoms with van der Waals surface area (Å²) in [4.78, 5) is 33.4. The first-order chi connectivity index (χ1) is 17.1. The zero-order chi connectivity index (χ0) is 24.6. The number of carbonyl (C=O) groups is 2. The van der Waals surface area contributed by atoms with Gasteiger partial charge in [-0.25, -0.2) is 0 Å². The Morgan fingerprint density at radius 1 is 0.914 bits per heavy atom. The fraction of sp³-hybridized carbons (Fsp3) is 0.704. The Hall–Kier alpha value is -2.32. The number of rotatable bonds is 9. The molecule has 0 spiro atoms. The second-order valence-electron chi connectivity index (χ2n) is 10.0. The molecular formula is C27H42N4O4. The van der Waals surface area contributed by atoms with Gasteiger partial charge in [0.05, 0.1) is 20.3 Å². The van der Waals surface area contributed by atoms with Crippen molar-refractivity contribution in [3.63, 3.8) is 0 Å². The number of piperidine rings is 1.